The topological polar surface area (TPSA) is 139 Å². The summed E-state index contributed by atoms with van der Waals surface area (Å²) in [6.45, 7) is 3.62. The smallest absolute Gasteiger partial charge is 0.354 e. The summed E-state index contributed by atoms with van der Waals surface area (Å²) in [5.74, 6) is -2.67. The lowest BCUT2D eigenvalue weighted by Gasteiger charge is -2.39. The molecule has 0 radical (unpaired) electrons. The van der Waals surface area contributed by atoms with E-state index in [0.29, 0.717) is 11.3 Å². The zero-order chi connectivity index (χ0) is 23.4. The number of aromatic nitrogens is 2. The predicted molar refractivity (Wildman–Crippen MR) is 116 cm³/mol. The van der Waals surface area contributed by atoms with Crippen LogP contribution < -0.4 is 5.32 Å². The number of aromatic carboxylic acids is 1. The number of hydrogen-bond donors (Lipinski definition) is 2. The summed E-state index contributed by atoms with van der Waals surface area (Å²) in [5.41, 5.74) is 0.519. The number of ether oxygens (including phenoxy) is 1. The van der Waals surface area contributed by atoms with Crippen LogP contribution in [0.5, 0.6) is 0 Å². The van der Waals surface area contributed by atoms with Gasteiger partial charge in [0.1, 0.15) is 16.7 Å². The van der Waals surface area contributed by atoms with Crippen LogP contribution in [0.2, 0.25) is 0 Å². The molecule has 2 aromatic rings. The molecule has 1 aromatic heterocycles. The standard InChI is InChI=1S/C20H20N4O6S2/c1-10(9-31-20-23-22-11(2)32-20)15(19(29)30-3)24-8-14(17(24)26)21-16(25)12-6-4-5-7-13(12)18(27)28/h4-7,14H,8-9H2,1-3H3,(H,21,25)(H,27,28)/b15-10-. The van der Waals surface area contributed by atoms with Crippen molar-refractivity contribution >= 4 is 46.9 Å². The largest absolute Gasteiger partial charge is 0.478 e. The summed E-state index contributed by atoms with van der Waals surface area (Å²) in [6.07, 6.45) is 0. The Morgan fingerprint density at radius 1 is 1.28 bits per heavy atom. The van der Waals surface area contributed by atoms with Crippen LogP contribution in [0.3, 0.4) is 0 Å². The summed E-state index contributed by atoms with van der Waals surface area (Å²) < 4.78 is 5.58. The molecular weight excluding hydrogens is 456 g/mol. The quantitative estimate of drug-likeness (QED) is 0.252. The lowest BCUT2D eigenvalue weighted by Crippen LogP contribution is -2.64. The minimum atomic E-state index is -1.24. The number of benzene rings is 1. The molecule has 32 heavy (non-hydrogen) atoms. The summed E-state index contributed by atoms with van der Waals surface area (Å²) in [7, 11) is 1.23. The Bertz CT molecular complexity index is 1110. The van der Waals surface area contributed by atoms with Gasteiger partial charge in [-0.2, -0.15) is 0 Å². The Morgan fingerprint density at radius 2 is 1.97 bits per heavy atom. The van der Waals surface area contributed by atoms with Crippen molar-refractivity contribution in [1.29, 1.82) is 0 Å². The fourth-order valence-corrected chi connectivity index (χ4v) is 4.79. The van der Waals surface area contributed by atoms with Gasteiger partial charge in [-0.25, -0.2) is 9.59 Å². The van der Waals surface area contributed by atoms with Gasteiger partial charge in [0.2, 0.25) is 0 Å². The van der Waals surface area contributed by atoms with Crippen molar-refractivity contribution in [1.82, 2.24) is 20.4 Å². The van der Waals surface area contributed by atoms with Gasteiger partial charge < -0.3 is 20.1 Å². The van der Waals surface area contributed by atoms with Crippen LogP contribution in [-0.2, 0) is 14.3 Å². The van der Waals surface area contributed by atoms with Crippen LogP contribution in [0.15, 0.2) is 39.9 Å². The minimum absolute atomic E-state index is 0.0464. The van der Waals surface area contributed by atoms with Crippen molar-refractivity contribution in [2.24, 2.45) is 0 Å². The molecule has 10 nitrogen and oxygen atoms in total. The highest BCUT2D eigenvalue weighted by Gasteiger charge is 2.43. The lowest BCUT2D eigenvalue weighted by molar-refractivity contribution is -0.148. The zero-order valence-corrected chi connectivity index (χ0v) is 19.1. The molecule has 2 amide bonds. The van der Waals surface area contributed by atoms with Gasteiger partial charge in [-0.05, 0) is 31.6 Å². The molecule has 2 heterocycles. The SMILES string of the molecule is COC(=O)/C(=C(\C)CSc1nnc(C)s1)N1CC(NC(=O)c2ccccc2C(=O)O)C1=O. The number of carboxylic acid groups (broad SMARTS) is 1. The van der Waals surface area contributed by atoms with Crippen LogP contribution >= 0.6 is 23.1 Å². The second kappa shape index (κ2) is 9.92. The maximum atomic E-state index is 12.7. The first-order valence-electron chi connectivity index (χ1n) is 9.38. The molecule has 12 heteroatoms. The molecular formula is C20H20N4O6S2. The molecule has 1 atom stereocenters. The van der Waals surface area contributed by atoms with E-state index in [1.54, 1.807) is 6.92 Å². The number of amides is 2. The van der Waals surface area contributed by atoms with E-state index in [2.05, 4.69) is 15.5 Å². The third-order valence-corrected chi connectivity index (χ3v) is 6.75. The fraction of sp³-hybridized carbons (Fsp3) is 0.300. The normalized spacial score (nSPS) is 16.2. The van der Waals surface area contributed by atoms with Crippen molar-refractivity contribution in [3.8, 4) is 0 Å². The van der Waals surface area contributed by atoms with E-state index in [-0.39, 0.29) is 23.4 Å². The molecule has 1 aliphatic rings. The number of carbonyl (C=O) groups excluding carboxylic acids is 3. The van der Waals surface area contributed by atoms with E-state index in [0.717, 1.165) is 9.35 Å². The molecule has 0 spiro atoms. The van der Waals surface area contributed by atoms with Crippen LogP contribution in [0.1, 0.15) is 32.6 Å². The van der Waals surface area contributed by atoms with Gasteiger partial charge in [-0.3, -0.25) is 9.59 Å². The number of carboxylic acids is 1. The molecule has 1 fully saturated rings. The maximum absolute atomic E-state index is 12.7. The summed E-state index contributed by atoms with van der Waals surface area (Å²) in [5, 5.41) is 20.6. The highest BCUT2D eigenvalue weighted by Crippen LogP contribution is 2.28. The number of aryl methyl sites for hydroxylation is 1. The van der Waals surface area contributed by atoms with Crippen molar-refractivity contribution in [2.75, 3.05) is 19.4 Å². The Labute approximate surface area is 191 Å². The average Bonchev–Trinajstić information content (AvgIpc) is 3.20. The molecule has 168 valence electrons. The first-order chi connectivity index (χ1) is 15.2. The van der Waals surface area contributed by atoms with Crippen LogP contribution in [0, 0.1) is 6.92 Å². The van der Waals surface area contributed by atoms with Crippen LogP contribution in [0.4, 0.5) is 0 Å². The molecule has 1 unspecified atom stereocenters. The average molecular weight is 477 g/mol. The Balaban J connectivity index is 1.71. The van der Waals surface area contributed by atoms with Gasteiger partial charge in [0.25, 0.3) is 11.8 Å². The molecule has 2 N–H and O–H groups in total. The number of nitrogens with zero attached hydrogens (tertiary/aromatic N) is 3. The number of rotatable bonds is 8. The monoisotopic (exact) mass is 476 g/mol. The fourth-order valence-electron chi connectivity index (χ4n) is 3.03. The van der Waals surface area contributed by atoms with Crippen LogP contribution in [-0.4, -0.2) is 69.4 Å². The highest BCUT2D eigenvalue weighted by atomic mass is 32.2. The van der Waals surface area contributed by atoms with Crippen LogP contribution in [0.25, 0.3) is 0 Å². The zero-order valence-electron chi connectivity index (χ0n) is 17.4. The number of esters is 1. The van der Waals surface area contributed by atoms with E-state index in [4.69, 9.17) is 4.74 Å². The molecule has 0 bridgehead atoms. The van der Waals surface area contributed by atoms with Crippen molar-refractivity contribution in [2.45, 2.75) is 24.2 Å². The van der Waals surface area contributed by atoms with Gasteiger partial charge >= 0.3 is 11.9 Å². The van der Waals surface area contributed by atoms with Gasteiger partial charge in [-0.15, -0.1) is 10.2 Å². The Morgan fingerprint density at radius 3 is 2.53 bits per heavy atom. The van der Waals surface area contributed by atoms with E-state index < -0.39 is 29.8 Å². The van der Waals surface area contributed by atoms with Gasteiger partial charge in [0, 0.05) is 5.75 Å². The second-order valence-electron chi connectivity index (χ2n) is 6.82. The Hall–Kier alpha value is -3.25. The second-order valence-corrected chi connectivity index (χ2v) is 9.23. The van der Waals surface area contributed by atoms with Gasteiger partial charge in [0.15, 0.2) is 4.34 Å². The van der Waals surface area contributed by atoms with Crippen molar-refractivity contribution < 1.29 is 29.0 Å². The number of thioether (sulfide) groups is 1. The number of β-lactam (4-membered cyclic amide) rings is 1. The number of methoxy groups -OCH3 is 1. The van der Waals surface area contributed by atoms with Crippen molar-refractivity contribution in [3.05, 3.63) is 51.7 Å². The Kier molecular flexibility index (Phi) is 7.26. The number of nitrogens with one attached hydrogen (secondary N) is 1. The predicted octanol–water partition coefficient (Wildman–Crippen LogP) is 1.72. The first-order valence-corrected chi connectivity index (χ1v) is 11.2. The lowest BCUT2D eigenvalue weighted by atomic mass is 10.0. The van der Waals surface area contributed by atoms with Gasteiger partial charge in [-0.1, -0.05) is 35.2 Å². The summed E-state index contributed by atoms with van der Waals surface area (Å²) >= 11 is 2.81. The maximum Gasteiger partial charge on any atom is 0.354 e. The molecule has 1 saturated heterocycles. The number of hydrogen-bond acceptors (Lipinski definition) is 9. The highest BCUT2D eigenvalue weighted by molar-refractivity contribution is 8.01. The molecule has 1 aromatic carbocycles. The molecule has 0 saturated carbocycles. The molecule has 0 aliphatic carbocycles. The third-order valence-electron chi connectivity index (χ3n) is 4.61. The van der Waals surface area contributed by atoms with E-state index >= 15 is 0 Å². The molecule has 1 aliphatic heterocycles. The van der Waals surface area contributed by atoms with E-state index in [9.17, 15) is 24.3 Å². The third kappa shape index (κ3) is 4.97. The number of likely N-dealkylation sites (tertiary alicyclic amines) is 1. The van der Waals surface area contributed by atoms with E-state index in [1.165, 1.54) is 59.4 Å². The summed E-state index contributed by atoms with van der Waals surface area (Å²) in [4.78, 5) is 50.2. The van der Waals surface area contributed by atoms with Crippen molar-refractivity contribution in [3.63, 3.8) is 0 Å². The first kappa shape index (κ1) is 23.4. The summed E-state index contributed by atoms with van der Waals surface area (Å²) in [6, 6.07) is 4.85. The van der Waals surface area contributed by atoms with Gasteiger partial charge in [0.05, 0.1) is 24.8 Å². The minimum Gasteiger partial charge on any atom is -0.478 e. The molecule has 3 rings (SSSR count). The van der Waals surface area contributed by atoms with E-state index in [1.807, 2.05) is 6.92 Å². The number of carbonyl (C=O) groups is 4.